The summed E-state index contributed by atoms with van der Waals surface area (Å²) in [6, 6.07) is 1.24. The van der Waals surface area contributed by atoms with Crippen LogP contribution in [0.5, 0.6) is 0 Å². The van der Waals surface area contributed by atoms with Crippen molar-refractivity contribution in [1.29, 1.82) is 0 Å². The number of hydrogen-bond donors (Lipinski definition) is 2. The molecule has 3 rings (SSSR count). The third kappa shape index (κ3) is 5.35. The Balaban J connectivity index is 1.49. The molecule has 2 fully saturated rings. The number of aromatic nitrogens is 2. The molecule has 1 atom stereocenters. The van der Waals surface area contributed by atoms with Gasteiger partial charge in [0.1, 0.15) is 17.8 Å². The lowest BCUT2D eigenvalue weighted by Gasteiger charge is -2.26. The van der Waals surface area contributed by atoms with Gasteiger partial charge in [-0.05, 0) is 6.42 Å². The van der Waals surface area contributed by atoms with Crippen molar-refractivity contribution in [3.63, 3.8) is 0 Å². The minimum Gasteiger partial charge on any atom is -0.379 e. The highest BCUT2D eigenvalue weighted by Gasteiger charge is 2.29. The fourth-order valence-electron chi connectivity index (χ4n) is 2.91. The van der Waals surface area contributed by atoms with Crippen molar-refractivity contribution in [3.05, 3.63) is 18.1 Å². The van der Waals surface area contributed by atoms with Crippen molar-refractivity contribution >= 4 is 21.6 Å². The van der Waals surface area contributed by atoms with Crippen LogP contribution in [-0.4, -0.2) is 86.1 Å². The van der Waals surface area contributed by atoms with Gasteiger partial charge in [-0.3, -0.25) is 9.69 Å². The van der Waals surface area contributed by atoms with Crippen LogP contribution in [0.4, 0.5) is 5.82 Å². The highest BCUT2D eigenvalue weighted by molar-refractivity contribution is 7.91. The third-order valence-electron chi connectivity index (χ3n) is 4.31. The zero-order valence-electron chi connectivity index (χ0n) is 14.0. The number of hydrogen-bond acceptors (Lipinski definition) is 8. The van der Waals surface area contributed by atoms with Gasteiger partial charge in [-0.15, -0.1) is 0 Å². The Morgan fingerprint density at radius 3 is 2.84 bits per heavy atom. The Bertz CT molecular complexity index is 706. The van der Waals surface area contributed by atoms with Crippen molar-refractivity contribution in [3.8, 4) is 0 Å². The second-order valence-electron chi connectivity index (χ2n) is 6.24. The molecule has 1 aromatic heterocycles. The predicted octanol–water partition coefficient (Wildman–Crippen LogP) is -0.862. The summed E-state index contributed by atoms with van der Waals surface area (Å²) in [6.45, 7) is 4.93. The number of anilines is 1. The van der Waals surface area contributed by atoms with Gasteiger partial charge >= 0.3 is 0 Å². The summed E-state index contributed by atoms with van der Waals surface area (Å²) in [5.74, 6) is 0.318. The van der Waals surface area contributed by atoms with Crippen LogP contribution in [0.3, 0.4) is 0 Å². The average molecular weight is 369 g/mol. The number of nitrogens with zero attached hydrogens (tertiary/aromatic N) is 3. The molecule has 0 aliphatic carbocycles. The van der Waals surface area contributed by atoms with Crippen molar-refractivity contribution in [2.24, 2.45) is 0 Å². The lowest BCUT2D eigenvalue weighted by atomic mass is 10.2. The van der Waals surface area contributed by atoms with Crippen LogP contribution >= 0.6 is 0 Å². The molecule has 1 unspecified atom stereocenters. The third-order valence-corrected chi connectivity index (χ3v) is 6.07. The molecule has 2 N–H and O–H groups in total. The minimum atomic E-state index is -3.03. The topological polar surface area (TPSA) is 114 Å². The molecule has 2 aliphatic heterocycles. The van der Waals surface area contributed by atoms with Gasteiger partial charge in [0.2, 0.25) is 0 Å². The van der Waals surface area contributed by atoms with E-state index in [4.69, 9.17) is 4.74 Å². The van der Waals surface area contributed by atoms with Crippen LogP contribution < -0.4 is 10.6 Å². The molecule has 0 spiro atoms. The van der Waals surface area contributed by atoms with Gasteiger partial charge in [0.15, 0.2) is 9.84 Å². The fraction of sp³-hybridized carbons (Fsp3) is 0.667. The lowest BCUT2D eigenvalue weighted by molar-refractivity contribution is 0.0398. The zero-order valence-corrected chi connectivity index (χ0v) is 14.8. The molecule has 0 radical (unpaired) electrons. The Morgan fingerprint density at radius 2 is 2.12 bits per heavy atom. The number of rotatable bonds is 6. The van der Waals surface area contributed by atoms with Crippen LogP contribution in [-0.2, 0) is 14.6 Å². The highest BCUT2D eigenvalue weighted by atomic mass is 32.2. The Labute approximate surface area is 147 Å². The number of ether oxygens (including phenoxy) is 1. The molecule has 1 amide bonds. The second-order valence-corrected chi connectivity index (χ2v) is 8.47. The summed E-state index contributed by atoms with van der Waals surface area (Å²) < 4.78 is 28.2. The maximum atomic E-state index is 12.2. The van der Waals surface area contributed by atoms with Crippen LogP contribution in [0, 0.1) is 0 Å². The molecule has 9 nitrogen and oxygen atoms in total. The van der Waals surface area contributed by atoms with Gasteiger partial charge in [-0.25, -0.2) is 18.4 Å². The van der Waals surface area contributed by atoms with E-state index < -0.39 is 9.84 Å². The summed E-state index contributed by atoms with van der Waals surface area (Å²) in [5.41, 5.74) is 0.230. The number of carbonyl (C=O) groups excluding carboxylic acids is 1. The summed E-state index contributed by atoms with van der Waals surface area (Å²) in [7, 11) is -3.03. The monoisotopic (exact) mass is 369 g/mol. The van der Waals surface area contributed by atoms with E-state index in [0.717, 1.165) is 32.8 Å². The van der Waals surface area contributed by atoms with E-state index in [9.17, 15) is 13.2 Å². The molecule has 138 valence electrons. The molecule has 0 aromatic carbocycles. The van der Waals surface area contributed by atoms with E-state index in [1.807, 2.05) is 0 Å². The maximum Gasteiger partial charge on any atom is 0.270 e. The average Bonchev–Trinajstić information content (AvgIpc) is 2.94. The number of nitrogens with one attached hydrogen (secondary N) is 2. The molecule has 3 heterocycles. The first-order valence-corrected chi connectivity index (χ1v) is 10.2. The highest BCUT2D eigenvalue weighted by Crippen LogP contribution is 2.12. The van der Waals surface area contributed by atoms with E-state index in [1.54, 1.807) is 6.07 Å². The molecular formula is C15H23N5O4S. The molecule has 25 heavy (non-hydrogen) atoms. The molecule has 2 saturated heterocycles. The first-order chi connectivity index (χ1) is 12.0. The first kappa shape index (κ1) is 18.0. The van der Waals surface area contributed by atoms with Crippen LogP contribution in [0.1, 0.15) is 16.9 Å². The van der Waals surface area contributed by atoms with E-state index in [-0.39, 0.29) is 29.1 Å². The molecular weight excluding hydrogens is 346 g/mol. The van der Waals surface area contributed by atoms with Gasteiger partial charge in [0.05, 0.1) is 24.7 Å². The number of carbonyl (C=O) groups is 1. The van der Waals surface area contributed by atoms with Crippen LogP contribution in [0.25, 0.3) is 0 Å². The van der Waals surface area contributed by atoms with E-state index >= 15 is 0 Å². The SMILES string of the molecule is O=C(NC1CCS(=O)(=O)C1)c1cc(NCCN2CCOCC2)ncn1. The van der Waals surface area contributed by atoms with Gasteiger partial charge in [0.25, 0.3) is 5.91 Å². The normalized spacial score (nSPS) is 23.3. The molecule has 1 aromatic rings. The van der Waals surface area contributed by atoms with E-state index in [0.29, 0.717) is 18.8 Å². The summed E-state index contributed by atoms with van der Waals surface area (Å²) in [6.07, 6.45) is 1.78. The second kappa shape index (κ2) is 8.07. The van der Waals surface area contributed by atoms with E-state index in [2.05, 4.69) is 25.5 Å². The summed E-state index contributed by atoms with van der Waals surface area (Å²) >= 11 is 0. The predicted molar refractivity (Wildman–Crippen MR) is 92.3 cm³/mol. The van der Waals surface area contributed by atoms with Gasteiger partial charge in [-0.1, -0.05) is 0 Å². The standard InChI is InChI=1S/C15H23N5O4S/c21-15(19-12-1-8-25(22,23)10-12)13-9-14(18-11-17-13)16-2-3-20-4-6-24-7-5-20/h9,11-12H,1-8,10H2,(H,19,21)(H,16,17,18). The Kier molecular flexibility index (Phi) is 5.82. The van der Waals surface area contributed by atoms with Crippen molar-refractivity contribution in [2.75, 3.05) is 56.2 Å². The lowest BCUT2D eigenvalue weighted by Crippen LogP contribution is -2.39. The largest absolute Gasteiger partial charge is 0.379 e. The van der Waals surface area contributed by atoms with Crippen LogP contribution in [0.2, 0.25) is 0 Å². The van der Waals surface area contributed by atoms with Gasteiger partial charge < -0.3 is 15.4 Å². The fourth-order valence-corrected chi connectivity index (χ4v) is 4.59. The number of amides is 1. The van der Waals surface area contributed by atoms with Crippen molar-refractivity contribution in [2.45, 2.75) is 12.5 Å². The summed E-state index contributed by atoms with van der Waals surface area (Å²) in [4.78, 5) is 22.6. The Morgan fingerprint density at radius 1 is 1.32 bits per heavy atom. The molecule has 10 heteroatoms. The van der Waals surface area contributed by atoms with Crippen molar-refractivity contribution in [1.82, 2.24) is 20.2 Å². The minimum absolute atomic E-state index is 0.00548. The van der Waals surface area contributed by atoms with Gasteiger partial charge in [0, 0.05) is 38.3 Å². The molecule has 0 saturated carbocycles. The maximum absolute atomic E-state index is 12.2. The zero-order chi connectivity index (χ0) is 17.7. The molecule has 0 bridgehead atoms. The van der Waals surface area contributed by atoms with Gasteiger partial charge in [-0.2, -0.15) is 0 Å². The van der Waals surface area contributed by atoms with Crippen molar-refractivity contribution < 1.29 is 17.9 Å². The smallest absolute Gasteiger partial charge is 0.270 e. The quantitative estimate of drug-likeness (QED) is 0.666. The number of morpholine rings is 1. The summed E-state index contributed by atoms with van der Waals surface area (Å²) in [5, 5.41) is 5.91. The first-order valence-electron chi connectivity index (χ1n) is 8.39. The Hall–Kier alpha value is -1.78. The molecule has 2 aliphatic rings. The van der Waals surface area contributed by atoms with Crippen LogP contribution in [0.15, 0.2) is 12.4 Å². The van der Waals surface area contributed by atoms with E-state index in [1.165, 1.54) is 6.33 Å². The number of sulfone groups is 1.